The minimum absolute atomic E-state index is 0.00467. The Kier molecular flexibility index (Phi) is 4.27. The monoisotopic (exact) mass is 319 g/mol. The highest BCUT2D eigenvalue weighted by Gasteiger charge is 2.07. The second-order valence-electron chi connectivity index (χ2n) is 4.82. The van der Waals surface area contributed by atoms with Gasteiger partial charge < -0.3 is 10.5 Å². The zero-order valence-electron chi connectivity index (χ0n) is 11.4. The number of nitrogens with two attached hydrogens (primary N) is 1. The van der Waals surface area contributed by atoms with Crippen molar-refractivity contribution in [3.05, 3.63) is 57.6 Å². The Morgan fingerprint density at radius 2 is 1.63 bits per heavy atom. The van der Waals surface area contributed by atoms with E-state index in [0.717, 1.165) is 21.5 Å². The second-order valence-corrected chi connectivity index (χ2v) is 5.67. The zero-order valence-corrected chi connectivity index (χ0v) is 13.0. The molecule has 0 radical (unpaired) electrons. The number of benzene rings is 2. The number of aryl methyl sites for hydroxylation is 2. The van der Waals surface area contributed by atoms with Crippen molar-refractivity contribution in [3.8, 4) is 11.5 Å². The largest absolute Gasteiger partial charge is 0.457 e. The summed E-state index contributed by atoms with van der Waals surface area (Å²) in [5.74, 6) is 1.66. The molecule has 0 heterocycles. The maximum Gasteiger partial charge on any atom is 0.128 e. The van der Waals surface area contributed by atoms with Gasteiger partial charge in [0.05, 0.1) is 0 Å². The minimum Gasteiger partial charge on any atom is -0.457 e. The molecule has 19 heavy (non-hydrogen) atoms. The number of ether oxygens (including phenoxy) is 1. The first-order valence-corrected chi connectivity index (χ1v) is 7.07. The molecule has 2 aromatic rings. The van der Waals surface area contributed by atoms with Gasteiger partial charge in [0.25, 0.3) is 0 Å². The molecule has 2 rings (SSSR count). The van der Waals surface area contributed by atoms with Crippen molar-refractivity contribution in [2.24, 2.45) is 5.73 Å². The second kappa shape index (κ2) is 5.76. The first kappa shape index (κ1) is 14.1. The summed E-state index contributed by atoms with van der Waals surface area (Å²) in [7, 11) is 0. The molecule has 3 heteroatoms. The molecule has 100 valence electrons. The molecule has 0 aromatic heterocycles. The van der Waals surface area contributed by atoms with Crippen LogP contribution in [0.15, 0.2) is 40.9 Å². The number of hydrogen-bond donors (Lipinski definition) is 1. The van der Waals surface area contributed by atoms with Gasteiger partial charge in [-0.3, -0.25) is 0 Å². The van der Waals surface area contributed by atoms with Gasteiger partial charge in [0.2, 0.25) is 0 Å². The summed E-state index contributed by atoms with van der Waals surface area (Å²) in [6.07, 6.45) is 0. The predicted octanol–water partition coefficient (Wildman–Crippen LogP) is 4.88. The van der Waals surface area contributed by atoms with E-state index in [1.54, 1.807) is 0 Å². The van der Waals surface area contributed by atoms with E-state index < -0.39 is 0 Å². The van der Waals surface area contributed by atoms with Gasteiger partial charge in [-0.2, -0.15) is 0 Å². The Morgan fingerprint density at radius 1 is 1.00 bits per heavy atom. The summed E-state index contributed by atoms with van der Waals surface area (Å²) in [6, 6.07) is 12.0. The van der Waals surface area contributed by atoms with Gasteiger partial charge >= 0.3 is 0 Å². The highest BCUT2D eigenvalue weighted by molar-refractivity contribution is 9.10. The molecule has 2 nitrogen and oxygen atoms in total. The van der Waals surface area contributed by atoms with Crippen LogP contribution in [0.4, 0.5) is 0 Å². The lowest BCUT2D eigenvalue weighted by atomic mass is 10.1. The van der Waals surface area contributed by atoms with E-state index in [9.17, 15) is 0 Å². The molecule has 2 N–H and O–H groups in total. The van der Waals surface area contributed by atoms with Crippen molar-refractivity contribution in [3.63, 3.8) is 0 Å². The molecule has 1 atom stereocenters. The van der Waals surface area contributed by atoms with E-state index in [1.165, 1.54) is 11.1 Å². The first-order chi connectivity index (χ1) is 8.97. The minimum atomic E-state index is 0.00467. The van der Waals surface area contributed by atoms with Crippen LogP contribution >= 0.6 is 15.9 Å². The van der Waals surface area contributed by atoms with E-state index in [-0.39, 0.29) is 6.04 Å². The van der Waals surface area contributed by atoms with Crippen LogP contribution in [0.5, 0.6) is 11.5 Å². The highest BCUT2D eigenvalue weighted by atomic mass is 79.9. The molecule has 0 aliphatic rings. The summed E-state index contributed by atoms with van der Waals surface area (Å²) in [4.78, 5) is 0. The Labute approximate surface area is 122 Å². The van der Waals surface area contributed by atoms with Gasteiger partial charge in [-0.25, -0.2) is 0 Å². The topological polar surface area (TPSA) is 35.2 Å². The van der Waals surface area contributed by atoms with Crippen LogP contribution in [0.3, 0.4) is 0 Å². The molecule has 0 fully saturated rings. The van der Waals surface area contributed by atoms with E-state index in [0.29, 0.717) is 0 Å². The average Bonchev–Trinajstić information content (AvgIpc) is 2.33. The fourth-order valence-corrected chi connectivity index (χ4v) is 2.57. The third kappa shape index (κ3) is 3.37. The van der Waals surface area contributed by atoms with Crippen LogP contribution in [0, 0.1) is 13.8 Å². The van der Waals surface area contributed by atoms with Gasteiger partial charge in [-0.05, 0) is 61.7 Å². The maximum atomic E-state index is 5.88. The Balaban J connectivity index is 2.24. The third-order valence-corrected chi connectivity index (χ3v) is 3.86. The lowest BCUT2D eigenvalue weighted by molar-refractivity contribution is 0.481. The lowest BCUT2D eigenvalue weighted by Gasteiger charge is -2.12. The van der Waals surface area contributed by atoms with Crippen LogP contribution in [-0.2, 0) is 0 Å². The van der Waals surface area contributed by atoms with Gasteiger partial charge in [0, 0.05) is 10.5 Å². The summed E-state index contributed by atoms with van der Waals surface area (Å²) in [5.41, 5.74) is 9.45. The van der Waals surface area contributed by atoms with Crippen molar-refractivity contribution in [2.75, 3.05) is 0 Å². The summed E-state index contributed by atoms with van der Waals surface area (Å²) < 4.78 is 6.83. The standard InChI is InChI=1S/C16H18BrNO/c1-10-4-5-13(8-11(10)2)19-14-6-7-15(12(3)18)16(17)9-14/h4-9,12H,18H2,1-3H3. The van der Waals surface area contributed by atoms with Crippen LogP contribution in [0.2, 0.25) is 0 Å². The van der Waals surface area contributed by atoms with Crippen molar-refractivity contribution in [1.82, 2.24) is 0 Å². The van der Waals surface area contributed by atoms with Crippen molar-refractivity contribution < 1.29 is 4.74 Å². The van der Waals surface area contributed by atoms with Gasteiger partial charge in [0.15, 0.2) is 0 Å². The summed E-state index contributed by atoms with van der Waals surface area (Å²) in [6.45, 7) is 6.13. The molecule has 2 aromatic carbocycles. The molecule has 1 unspecified atom stereocenters. The molecular weight excluding hydrogens is 302 g/mol. The Morgan fingerprint density at radius 3 is 2.21 bits per heavy atom. The highest BCUT2D eigenvalue weighted by Crippen LogP contribution is 2.30. The van der Waals surface area contributed by atoms with Gasteiger partial charge in [0.1, 0.15) is 11.5 Å². The third-order valence-electron chi connectivity index (χ3n) is 3.18. The van der Waals surface area contributed by atoms with E-state index >= 15 is 0 Å². The smallest absolute Gasteiger partial charge is 0.128 e. The molecule has 0 aliphatic heterocycles. The zero-order chi connectivity index (χ0) is 14.0. The van der Waals surface area contributed by atoms with E-state index in [4.69, 9.17) is 10.5 Å². The molecule has 0 bridgehead atoms. The summed E-state index contributed by atoms with van der Waals surface area (Å²) in [5, 5.41) is 0. The van der Waals surface area contributed by atoms with Crippen LogP contribution in [0.1, 0.15) is 29.7 Å². The van der Waals surface area contributed by atoms with Gasteiger partial charge in [-0.15, -0.1) is 0 Å². The molecule has 0 spiro atoms. The normalized spacial score (nSPS) is 12.3. The fourth-order valence-electron chi connectivity index (χ4n) is 1.85. The fraction of sp³-hybridized carbons (Fsp3) is 0.250. The average molecular weight is 320 g/mol. The number of rotatable bonds is 3. The Bertz CT molecular complexity index is 593. The number of halogens is 1. The molecule has 0 saturated heterocycles. The van der Waals surface area contributed by atoms with Crippen molar-refractivity contribution in [2.45, 2.75) is 26.8 Å². The van der Waals surface area contributed by atoms with Crippen molar-refractivity contribution in [1.29, 1.82) is 0 Å². The molecule has 0 saturated carbocycles. The quantitative estimate of drug-likeness (QED) is 0.875. The van der Waals surface area contributed by atoms with Crippen LogP contribution < -0.4 is 10.5 Å². The molecule has 0 aliphatic carbocycles. The Hall–Kier alpha value is -1.32. The van der Waals surface area contributed by atoms with Gasteiger partial charge in [-0.1, -0.05) is 28.1 Å². The van der Waals surface area contributed by atoms with Crippen molar-refractivity contribution >= 4 is 15.9 Å². The predicted molar refractivity (Wildman–Crippen MR) is 82.7 cm³/mol. The van der Waals surface area contributed by atoms with E-state index in [1.807, 2.05) is 37.3 Å². The first-order valence-electron chi connectivity index (χ1n) is 6.27. The summed E-state index contributed by atoms with van der Waals surface area (Å²) >= 11 is 3.53. The maximum absolute atomic E-state index is 5.88. The molecular formula is C16H18BrNO. The van der Waals surface area contributed by atoms with Crippen LogP contribution in [-0.4, -0.2) is 0 Å². The SMILES string of the molecule is Cc1ccc(Oc2ccc(C(C)N)c(Br)c2)cc1C. The molecule has 0 amide bonds. The van der Waals surface area contributed by atoms with Crippen LogP contribution in [0.25, 0.3) is 0 Å². The lowest BCUT2D eigenvalue weighted by Crippen LogP contribution is -2.05. The number of hydrogen-bond acceptors (Lipinski definition) is 2. The van der Waals surface area contributed by atoms with E-state index in [2.05, 4.69) is 35.8 Å².